The summed E-state index contributed by atoms with van der Waals surface area (Å²) in [5, 5.41) is 0. The largest absolute Gasteiger partial charge is 0.486 e. The van der Waals surface area contributed by atoms with E-state index in [0.717, 1.165) is 22.6 Å². The normalized spacial score (nSPS) is 19.5. The van der Waals surface area contributed by atoms with Crippen molar-refractivity contribution in [3.8, 4) is 11.5 Å². The number of amides is 1. The summed E-state index contributed by atoms with van der Waals surface area (Å²) < 4.78 is 11.3. The number of hydrogen-bond donors (Lipinski definition) is 0. The molecule has 1 fully saturated rings. The average Bonchev–Trinajstić information content (AvgIpc) is 3.03. The van der Waals surface area contributed by atoms with E-state index in [9.17, 15) is 4.79 Å². The van der Waals surface area contributed by atoms with Gasteiger partial charge >= 0.3 is 0 Å². The molecule has 26 heavy (non-hydrogen) atoms. The van der Waals surface area contributed by atoms with Crippen molar-refractivity contribution in [2.45, 2.75) is 44.6 Å². The fourth-order valence-electron chi connectivity index (χ4n) is 4.42. The molecule has 2 aromatic carbocycles. The van der Waals surface area contributed by atoms with Gasteiger partial charge in [-0.1, -0.05) is 31.4 Å². The van der Waals surface area contributed by atoms with Crippen LogP contribution in [0.3, 0.4) is 0 Å². The van der Waals surface area contributed by atoms with E-state index in [4.69, 9.17) is 9.47 Å². The molecule has 0 spiro atoms. The van der Waals surface area contributed by atoms with Crippen molar-refractivity contribution < 1.29 is 14.3 Å². The van der Waals surface area contributed by atoms with Crippen molar-refractivity contribution in [3.05, 3.63) is 53.1 Å². The molecule has 0 atom stereocenters. The number of fused-ring (bicyclic) bond motifs is 2. The van der Waals surface area contributed by atoms with Gasteiger partial charge < -0.3 is 14.4 Å². The Balaban J connectivity index is 1.39. The van der Waals surface area contributed by atoms with E-state index in [2.05, 4.69) is 24.3 Å². The highest BCUT2D eigenvalue weighted by Crippen LogP contribution is 2.39. The van der Waals surface area contributed by atoms with Crippen LogP contribution in [0.1, 0.15) is 59.5 Å². The van der Waals surface area contributed by atoms with Gasteiger partial charge in [0.25, 0.3) is 5.91 Å². The fourth-order valence-corrected chi connectivity index (χ4v) is 4.42. The Morgan fingerprint density at radius 1 is 0.885 bits per heavy atom. The van der Waals surface area contributed by atoms with E-state index < -0.39 is 0 Å². The summed E-state index contributed by atoms with van der Waals surface area (Å²) in [6.45, 7) is 1.69. The topological polar surface area (TPSA) is 38.8 Å². The van der Waals surface area contributed by atoms with E-state index >= 15 is 0 Å². The standard InChI is InChI=1S/C22H23NO3/c24-22-19-13-21-20(25-10-11-26-21)12-17(19)14-23(22)18-8-6-16(7-9-18)15-4-2-1-3-5-15/h6-9,12-13,15H,1-5,10-11,14H2. The van der Waals surface area contributed by atoms with Gasteiger partial charge in [0.1, 0.15) is 13.2 Å². The third kappa shape index (κ3) is 2.64. The van der Waals surface area contributed by atoms with E-state index in [-0.39, 0.29) is 5.91 Å². The summed E-state index contributed by atoms with van der Waals surface area (Å²) in [6, 6.07) is 12.4. The molecular weight excluding hydrogens is 326 g/mol. The van der Waals surface area contributed by atoms with Crippen molar-refractivity contribution in [3.63, 3.8) is 0 Å². The average molecular weight is 349 g/mol. The second kappa shape index (κ2) is 6.35. The molecule has 2 aliphatic heterocycles. The van der Waals surface area contributed by atoms with E-state index in [1.807, 2.05) is 17.0 Å². The van der Waals surface area contributed by atoms with Crippen LogP contribution in [0, 0.1) is 0 Å². The van der Waals surface area contributed by atoms with Crippen molar-refractivity contribution in [2.24, 2.45) is 0 Å². The molecule has 1 saturated carbocycles. The molecule has 4 heteroatoms. The van der Waals surface area contributed by atoms with Crippen LogP contribution < -0.4 is 14.4 Å². The molecule has 134 valence electrons. The van der Waals surface area contributed by atoms with Crippen LogP contribution in [0.15, 0.2) is 36.4 Å². The molecule has 0 saturated heterocycles. The summed E-state index contributed by atoms with van der Waals surface area (Å²) in [5.41, 5.74) is 4.11. The molecule has 0 aromatic heterocycles. The van der Waals surface area contributed by atoms with Crippen molar-refractivity contribution in [1.82, 2.24) is 0 Å². The Hall–Kier alpha value is -2.49. The van der Waals surface area contributed by atoms with Gasteiger partial charge in [0, 0.05) is 11.3 Å². The number of ether oxygens (including phenoxy) is 2. The predicted octanol–water partition coefficient (Wildman–Crippen LogP) is 4.67. The van der Waals surface area contributed by atoms with Gasteiger partial charge in [-0.15, -0.1) is 0 Å². The zero-order valence-corrected chi connectivity index (χ0v) is 14.9. The van der Waals surface area contributed by atoms with E-state index in [0.29, 0.717) is 31.4 Å². The Morgan fingerprint density at radius 2 is 1.58 bits per heavy atom. The van der Waals surface area contributed by atoms with Crippen LogP contribution in [0.25, 0.3) is 0 Å². The van der Waals surface area contributed by atoms with Crippen molar-refractivity contribution in [2.75, 3.05) is 18.1 Å². The maximum atomic E-state index is 12.9. The first kappa shape index (κ1) is 15.7. The minimum atomic E-state index is 0.0439. The Morgan fingerprint density at radius 3 is 2.31 bits per heavy atom. The molecule has 0 unspecified atom stereocenters. The number of benzene rings is 2. The summed E-state index contributed by atoms with van der Waals surface area (Å²) in [5.74, 6) is 2.16. The fraction of sp³-hybridized carbons (Fsp3) is 0.409. The van der Waals surface area contributed by atoms with Gasteiger partial charge in [0.05, 0.1) is 6.54 Å². The first-order valence-electron chi connectivity index (χ1n) is 9.64. The lowest BCUT2D eigenvalue weighted by Crippen LogP contribution is -2.23. The molecule has 5 rings (SSSR count). The van der Waals surface area contributed by atoms with Gasteiger partial charge in [-0.05, 0) is 54.2 Å². The monoisotopic (exact) mass is 349 g/mol. The number of carbonyl (C=O) groups is 1. The lowest BCUT2D eigenvalue weighted by atomic mass is 9.84. The van der Waals surface area contributed by atoms with Crippen LogP contribution in [-0.4, -0.2) is 19.1 Å². The highest BCUT2D eigenvalue weighted by molar-refractivity contribution is 6.10. The number of anilines is 1. The minimum absolute atomic E-state index is 0.0439. The number of rotatable bonds is 2. The third-order valence-electron chi connectivity index (χ3n) is 5.85. The van der Waals surface area contributed by atoms with Gasteiger partial charge in [0.2, 0.25) is 0 Å². The Labute approximate surface area is 153 Å². The number of nitrogens with zero attached hydrogens (tertiary/aromatic N) is 1. The molecule has 1 aliphatic carbocycles. The quantitative estimate of drug-likeness (QED) is 0.791. The van der Waals surface area contributed by atoms with Crippen LogP contribution in [0.4, 0.5) is 5.69 Å². The van der Waals surface area contributed by atoms with Gasteiger partial charge in [-0.3, -0.25) is 4.79 Å². The molecule has 4 nitrogen and oxygen atoms in total. The minimum Gasteiger partial charge on any atom is -0.486 e. The van der Waals surface area contributed by atoms with Crippen molar-refractivity contribution in [1.29, 1.82) is 0 Å². The maximum absolute atomic E-state index is 12.9. The molecule has 0 bridgehead atoms. The summed E-state index contributed by atoms with van der Waals surface area (Å²) in [7, 11) is 0. The zero-order chi connectivity index (χ0) is 17.5. The molecule has 3 aliphatic rings. The zero-order valence-electron chi connectivity index (χ0n) is 14.9. The molecular formula is C22H23NO3. The van der Waals surface area contributed by atoms with Gasteiger partial charge in [0.15, 0.2) is 11.5 Å². The molecule has 2 heterocycles. The SMILES string of the molecule is O=C1c2cc3c(cc2CN1c1ccc(C2CCCCC2)cc1)OCCO3. The summed E-state index contributed by atoms with van der Waals surface area (Å²) in [4.78, 5) is 14.7. The first-order chi connectivity index (χ1) is 12.8. The summed E-state index contributed by atoms with van der Waals surface area (Å²) >= 11 is 0. The predicted molar refractivity (Wildman–Crippen MR) is 100 cm³/mol. The van der Waals surface area contributed by atoms with E-state index in [1.54, 1.807) is 0 Å². The maximum Gasteiger partial charge on any atom is 0.259 e. The second-order valence-corrected chi connectivity index (χ2v) is 7.47. The molecule has 0 radical (unpaired) electrons. The number of hydrogen-bond acceptors (Lipinski definition) is 3. The van der Waals surface area contributed by atoms with Crippen LogP contribution in [0.2, 0.25) is 0 Å². The lowest BCUT2D eigenvalue weighted by molar-refractivity contribution is 0.0996. The smallest absolute Gasteiger partial charge is 0.259 e. The van der Waals surface area contributed by atoms with Gasteiger partial charge in [-0.2, -0.15) is 0 Å². The lowest BCUT2D eigenvalue weighted by Gasteiger charge is -2.23. The second-order valence-electron chi connectivity index (χ2n) is 7.47. The first-order valence-corrected chi connectivity index (χ1v) is 9.64. The molecule has 0 N–H and O–H groups in total. The Kier molecular flexibility index (Phi) is 3.84. The van der Waals surface area contributed by atoms with Crippen LogP contribution >= 0.6 is 0 Å². The van der Waals surface area contributed by atoms with Crippen molar-refractivity contribution >= 4 is 11.6 Å². The highest BCUT2D eigenvalue weighted by Gasteiger charge is 2.31. The van der Waals surface area contributed by atoms with Crippen LogP contribution in [-0.2, 0) is 6.54 Å². The summed E-state index contributed by atoms with van der Waals surface area (Å²) in [6.07, 6.45) is 6.62. The molecule has 1 amide bonds. The Bertz CT molecular complexity index is 837. The molecule has 2 aromatic rings. The van der Waals surface area contributed by atoms with E-state index in [1.165, 1.54) is 37.7 Å². The number of carbonyl (C=O) groups excluding carboxylic acids is 1. The highest BCUT2D eigenvalue weighted by atomic mass is 16.6. The van der Waals surface area contributed by atoms with Crippen LogP contribution in [0.5, 0.6) is 11.5 Å². The third-order valence-corrected chi connectivity index (χ3v) is 5.85. The van der Waals surface area contributed by atoms with Gasteiger partial charge in [-0.25, -0.2) is 0 Å².